The van der Waals surface area contributed by atoms with Crippen LogP contribution in [0, 0.1) is 5.92 Å². The van der Waals surface area contributed by atoms with Crippen LogP contribution in [0.4, 0.5) is 0 Å². The van der Waals surface area contributed by atoms with Gasteiger partial charge in [-0.15, -0.1) is 0 Å². The largest absolute Gasteiger partial charge is 0.393 e. The zero-order valence-corrected chi connectivity index (χ0v) is 8.95. The first-order chi connectivity index (χ1) is 7.08. The normalized spacial score (nSPS) is 24.1. The zero-order valence-electron chi connectivity index (χ0n) is 8.95. The van der Waals surface area contributed by atoms with Crippen LogP contribution in [0.3, 0.4) is 0 Å². The molecule has 86 valence electrons. The van der Waals surface area contributed by atoms with Gasteiger partial charge < -0.3 is 15.7 Å². The number of nitrogens with one attached hydrogen (secondary N) is 2. The van der Waals surface area contributed by atoms with Gasteiger partial charge in [-0.25, -0.2) is 0 Å². The van der Waals surface area contributed by atoms with Crippen molar-refractivity contribution in [1.82, 2.24) is 10.6 Å². The van der Waals surface area contributed by atoms with Gasteiger partial charge in [-0.3, -0.25) is 9.59 Å². The van der Waals surface area contributed by atoms with E-state index in [1.54, 1.807) is 0 Å². The average Bonchev–Trinajstić information content (AvgIpc) is 2.10. The van der Waals surface area contributed by atoms with Crippen LogP contribution in [-0.4, -0.2) is 36.1 Å². The van der Waals surface area contributed by atoms with Crippen molar-refractivity contribution in [3.8, 4) is 0 Å². The standard InChI is InChI=1S/C10H18N2O3/c1-7(13)11-3-2-10(15)12-6-8-4-9(14)5-8/h8-9,14H,2-6H2,1H3,(H,11,13)(H,12,15). The Balaban J connectivity index is 1.96. The quantitative estimate of drug-likeness (QED) is 0.572. The van der Waals surface area contributed by atoms with Crippen molar-refractivity contribution < 1.29 is 14.7 Å². The molecule has 0 heterocycles. The molecule has 0 atom stereocenters. The highest BCUT2D eigenvalue weighted by Crippen LogP contribution is 2.25. The lowest BCUT2D eigenvalue weighted by Gasteiger charge is -2.31. The van der Waals surface area contributed by atoms with Gasteiger partial charge in [0, 0.05) is 26.4 Å². The summed E-state index contributed by atoms with van der Waals surface area (Å²) in [5, 5.41) is 14.4. The topological polar surface area (TPSA) is 78.4 Å². The van der Waals surface area contributed by atoms with Crippen LogP contribution >= 0.6 is 0 Å². The molecule has 5 heteroatoms. The highest BCUT2D eigenvalue weighted by atomic mass is 16.3. The van der Waals surface area contributed by atoms with E-state index in [9.17, 15) is 9.59 Å². The average molecular weight is 214 g/mol. The lowest BCUT2D eigenvalue weighted by atomic mass is 9.82. The molecule has 0 unspecified atom stereocenters. The maximum absolute atomic E-state index is 11.2. The minimum absolute atomic E-state index is 0.0508. The number of hydrogen-bond donors (Lipinski definition) is 3. The maximum Gasteiger partial charge on any atom is 0.221 e. The molecule has 1 fully saturated rings. The van der Waals surface area contributed by atoms with Crippen molar-refractivity contribution in [1.29, 1.82) is 0 Å². The smallest absolute Gasteiger partial charge is 0.221 e. The van der Waals surface area contributed by atoms with Crippen LogP contribution in [0.15, 0.2) is 0 Å². The van der Waals surface area contributed by atoms with E-state index in [0.29, 0.717) is 25.4 Å². The van der Waals surface area contributed by atoms with E-state index >= 15 is 0 Å². The predicted octanol–water partition coefficient (Wildman–Crippen LogP) is -0.600. The molecule has 5 nitrogen and oxygen atoms in total. The summed E-state index contributed by atoms with van der Waals surface area (Å²) >= 11 is 0. The van der Waals surface area contributed by atoms with Gasteiger partial charge in [0.05, 0.1) is 6.10 Å². The van der Waals surface area contributed by atoms with Crippen LogP contribution in [0.5, 0.6) is 0 Å². The molecular formula is C10H18N2O3. The van der Waals surface area contributed by atoms with Crippen molar-refractivity contribution in [3.63, 3.8) is 0 Å². The van der Waals surface area contributed by atoms with Crippen LogP contribution in [0.2, 0.25) is 0 Å². The fourth-order valence-corrected chi connectivity index (χ4v) is 1.57. The summed E-state index contributed by atoms with van der Waals surface area (Å²) in [5.74, 6) is 0.250. The Morgan fingerprint density at radius 1 is 1.33 bits per heavy atom. The van der Waals surface area contributed by atoms with Crippen LogP contribution in [0.1, 0.15) is 26.2 Å². The summed E-state index contributed by atoms with van der Waals surface area (Å²) in [6, 6.07) is 0. The lowest BCUT2D eigenvalue weighted by Crippen LogP contribution is -2.39. The molecule has 0 saturated heterocycles. The highest BCUT2D eigenvalue weighted by molar-refractivity contribution is 5.77. The van der Waals surface area contributed by atoms with Gasteiger partial charge in [0.2, 0.25) is 11.8 Å². The molecule has 1 aliphatic carbocycles. The van der Waals surface area contributed by atoms with E-state index in [2.05, 4.69) is 10.6 Å². The molecule has 1 aliphatic rings. The maximum atomic E-state index is 11.2. The van der Waals surface area contributed by atoms with Crippen molar-refractivity contribution in [2.45, 2.75) is 32.3 Å². The monoisotopic (exact) mass is 214 g/mol. The van der Waals surface area contributed by atoms with Gasteiger partial charge in [0.15, 0.2) is 0 Å². The highest BCUT2D eigenvalue weighted by Gasteiger charge is 2.26. The number of rotatable bonds is 5. The second-order valence-corrected chi connectivity index (χ2v) is 4.03. The lowest BCUT2D eigenvalue weighted by molar-refractivity contribution is -0.122. The molecule has 0 spiro atoms. The number of carbonyl (C=O) groups is 2. The summed E-state index contributed by atoms with van der Waals surface area (Å²) < 4.78 is 0. The first-order valence-corrected chi connectivity index (χ1v) is 5.27. The fourth-order valence-electron chi connectivity index (χ4n) is 1.57. The molecule has 15 heavy (non-hydrogen) atoms. The van der Waals surface area contributed by atoms with Crippen LogP contribution < -0.4 is 10.6 Å². The van der Waals surface area contributed by atoms with Crippen LogP contribution in [-0.2, 0) is 9.59 Å². The van der Waals surface area contributed by atoms with Gasteiger partial charge in [0.25, 0.3) is 0 Å². The molecule has 0 aromatic carbocycles. The second-order valence-electron chi connectivity index (χ2n) is 4.03. The molecule has 1 saturated carbocycles. The number of hydrogen-bond acceptors (Lipinski definition) is 3. The summed E-state index contributed by atoms with van der Waals surface area (Å²) in [6.45, 7) is 2.44. The Morgan fingerprint density at radius 3 is 2.53 bits per heavy atom. The van der Waals surface area contributed by atoms with Gasteiger partial charge in [-0.1, -0.05) is 0 Å². The summed E-state index contributed by atoms with van der Waals surface area (Å²) in [4.78, 5) is 21.7. The third kappa shape index (κ3) is 4.78. The minimum atomic E-state index is -0.175. The number of aliphatic hydroxyl groups excluding tert-OH is 1. The number of amides is 2. The van der Waals surface area contributed by atoms with E-state index in [0.717, 1.165) is 12.8 Å². The minimum Gasteiger partial charge on any atom is -0.393 e. The second kappa shape index (κ2) is 5.70. The number of carbonyl (C=O) groups excluding carboxylic acids is 2. The summed E-state index contributed by atoms with van der Waals surface area (Å²) in [5.41, 5.74) is 0. The molecule has 0 bridgehead atoms. The van der Waals surface area contributed by atoms with E-state index in [-0.39, 0.29) is 17.9 Å². The molecule has 3 N–H and O–H groups in total. The predicted molar refractivity (Wildman–Crippen MR) is 55.0 cm³/mol. The summed E-state index contributed by atoms with van der Waals surface area (Å²) in [7, 11) is 0. The Morgan fingerprint density at radius 2 is 2.00 bits per heavy atom. The van der Waals surface area contributed by atoms with Crippen molar-refractivity contribution in [3.05, 3.63) is 0 Å². The van der Waals surface area contributed by atoms with Gasteiger partial charge in [-0.05, 0) is 18.8 Å². The first kappa shape index (κ1) is 12.0. The Bertz CT molecular complexity index is 237. The Kier molecular flexibility index (Phi) is 4.55. The van der Waals surface area contributed by atoms with Gasteiger partial charge in [0.1, 0.15) is 0 Å². The third-order valence-electron chi connectivity index (χ3n) is 2.52. The van der Waals surface area contributed by atoms with Gasteiger partial charge in [-0.2, -0.15) is 0 Å². The summed E-state index contributed by atoms with van der Waals surface area (Å²) in [6.07, 6.45) is 1.71. The molecule has 0 radical (unpaired) electrons. The van der Waals surface area contributed by atoms with Crippen molar-refractivity contribution in [2.75, 3.05) is 13.1 Å². The molecule has 1 rings (SSSR count). The number of aliphatic hydroxyl groups is 1. The van der Waals surface area contributed by atoms with Crippen LogP contribution in [0.25, 0.3) is 0 Å². The Labute approximate surface area is 89.2 Å². The molecule has 0 aliphatic heterocycles. The first-order valence-electron chi connectivity index (χ1n) is 5.27. The van der Waals surface area contributed by atoms with Crippen molar-refractivity contribution in [2.24, 2.45) is 5.92 Å². The van der Waals surface area contributed by atoms with E-state index in [1.807, 2.05) is 0 Å². The van der Waals surface area contributed by atoms with E-state index in [4.69, 9.17) is 5.11 Å². The third-order valence-corrected chi connectivity index (χ3v) is 2.52. The van der Waals surface area contributed by atoms with Gasteiger partial charge >= 0.3 is 0 Å². The zero-order chi connectivity index (χ0) is 11.3. The Hall–Kier alpha value is -1.10. The molecule has 0 aromatic rings. The molecular weight excluding hydrogens is 196 g/mol. The van der Waals surface area contributed by atoms with Crippen molar-refractivity contribution >= 4 is 11.8 Å². The molecule has 2 amide bonds. The fraction of sp³-hybridized carbons (Fsp3) is 0.800. The van der Waals surface area contributed by atoms with E-state index < -0.39 is 0 Å². The SMILES string of the molecule is CC(=O)NCCC(=O)NCC1CC(O)C1. The van der Waals surface area contributed by atoms with E-state index in [1.165, 1.54) is 6.92 Å². The molecule has 0 aromatic heterocycles.